The molecule has 15 nitrogen and oxygen atoms in total. The van der Waals surface area contributed by atoms with E-state index in [2.05, 4.69) is 10.6 Å². The number of fused-ring (bicyclic) bond motifs is 5. The highest BCUT2D eigenvalue weighted by Crippen LogP contribution is 2.50. The van der Waals surface area contributed by atoms with Crippen molar-refractivity contribution in [2.24, 2.45) is 23.2 Å². The first-order valence-electron chi connectivity index (χ1n) is 20.3. The van der Waals surface area contributed by atoms with Gasteiger partial charge in [-0.3, -0.25) is 19.1 Å². The smallest absolute Gasteiger partial charge is 0.408 e. The third-order valence-corrected chi connectivity index (χ3v) is 14.8. The minimum Gasteiger partial charge on any atom is -0.497 e. The zero-order valence-electron chi connectivity index (χ0n) is 33.8. The Morgan fingerprint density at radius 1 is 1.09 bits per heavy atom. The molecule has 1 saturated heterocycles. The summed E-state index contributed by atoms with van der Waals surface area (Å²) in [6.07, 6.45) is -0.0188. The zero-order chi connectivity index (χ0) is 41.9. The fourth-order valence-electron chi connectivity index (χ4n) is 8.41. The van der Waals surface area contributed by atoms with E-state index < -0.39 is 92.4 Å². The largest absolute Gasteiger partial charge is 0.497 e. The second-order valence-electron chi connectivity index (χ2n) is 18.0. The van der Waals surface area contributed by atoms with Gasteiger partial charge >= 0.3 is 6.09 Å². The Morgan fingerprint density at radius 2 is 1.83 bits per heavy atom. The standard InChI is InChI=1S/C40H54F2N6O9S/c1-7-23-29-20-48(30(23)33(49)46-40(19-24(40)32(41)42)36(51)47-58(53,54)39(5)15-16-39)35(50)31(38(2,3)4)45-37(52)57-28-17-21(28)11-9-8-10-12-26-34(56-29)44-27-18-22(55-6)13-14-25(27)43-26/h13-14,18,21,23-24,28-32H,7-12,15-17,19-20H2,1-6H3,(H,45,52)(H,46,49)(H,47,51)/t21-,23-,24+,28-,29+,30+,31-,40-/m1/s1. The van der Waals surface area contributed by atoms with Crippen LogP contribution < -0.4 is 24.8 Å². The number of benzene rings is 1. The fraction of sp³-hybridized carbons (Fsp3) is 0.700. The predicted octanol–water partition coefficient (Wildman–Crippen LogP) is 4.41. The van der Waals surface area contributed by atoms with Gasteiger partial charge in [-0.15, -0.1) is 0 Å². The summed E-state index contributed by atoms with van der Waals surface area (Å²) < 4.78 is 73.5. The number of hydrogen-bond donors (Lipinski definition) is 3. The van der Waals surface area contributed by atoms with Gasteiger partial charge in [0.2, 0.25) is 34.1 Å². The summed E-state index contributed by atoms with van der Waals surface area (Å²) in [7, 11) is -2.71. The summed E-state index contributed by atoms with van der Waals surface area (Å²) in [5.41, 5.74) is -1.43. The monoisotopic (exact) mass is 832 g/mol. The molecular formula is C40H54F2N6O9S. The molecule has 3 N–H and O–H groups in total. The summed E-state index contributed by atoms with van der Waals surface area (Å²) in [5, 5.41) is 5.26. The third kappa shape index (κ3) is 8.13. The van der Waals surface area contributed by atoms with E-state index in [1.165, 1.54) is 18.9 Å². The number of nitrogens with zero attached hydrogens (tertiary/aromatic N) is 3. The van der Waals surface area contributed by atoms with E-state index >= 15 is 0 Å². The SMILES string of the molecule is CC[C@@H]1[C@@H]2CN(C(=O)[C@H](C(C)(C)C)NC(=O)O[C@@H]3C[C@H]3CCCCCc3nc4ccc(OC)cc4nc3O2)[C@@H]1C(=O)N[C@]1(C(=O)NS(=O)(=O)C2(C)CC2)C[C@H]1C(F)F. The lowest BCUT2D eigenvalue weighted by Gasteiger charge is -2.36. The maximum atomic E-state index is 14.8. The van der Waals surface area contributed by atoms with Crippen molar-refractivity contribution in [3.8, 4) is 11.6 Å². The lowest BCUT2D eigenvalue weighted by Crippen LogP contribution is -2.61. The zero-order valence-corrected chi connectivity index (χ0v) is 34.6. The molecule has 0 unspecified atom stereocenters. The van der Waals surface area contributed by atoms with Gasteiger partial charge in [0.15, 0.2) is 0 Å². The van der Waals surface area contributed by atoms with Gasteiger partial charge in [-0.1, -0.05) is 40.5 Å². The number of halogens is 2. The summed E-state index contributed by atoms with van der Waals surface area (Å²) >= 11 is 0. The molecule has 1 aromatic heterocycles. The number of carbonyl (C=O) groups is 4. The molecule has 4 amide bonds. The van der Waals surface area contributed by atoms with Crippen LogP contribution in [0.5, 0.6) is 11.6 Å². The Bertz CT molecular complexity index is 2080. The van der Waals surface area contributed by atoms with Gasteiger partial charge < -0.3 is 29.7 Å². The summed E-state index contributed by atoms with van der Waals surface area (Å²) in [5.74, 6) is -4.32. The number of hydrogen-bond acceptors (Lipinski definition) is 11. The highest BCUT2D eigenvalue weighted by atomic mass is 32.2. The normalized spacial score (nSPS) is 31.1. The molecule has 318 valence electrons. The Morgan fingerprint density at radius 3 is 2.47 bits per heavy atom. The highest BCUT2D eigenvalue weighted by Gasteiger charge is 2.68. The Kier molecular flexibility index (Phi) is 11.1. The lowest BCUT2D eigenvalue weighted by atomic mass is 9.85. The van der Waals surface area contributed by atoms with Crippen LogP contribution in [0, 0.1) is 23.2 Å². The predicted molar refractivity (Wildman–Crippen MR) is 206 cm³/mol. The Balaban J connectivity index is 1.27. The lowest BCUT2D eigenvalue weighted by molar-refractivity contribution is -0.144. The molecule has 3 aliphatic carbocycles. The van der Waals surface area contributed by atoms with Gasteiger partial charge in [0.05, 0.1) is 35.4 Å². The van der Waals surface area contributed by atoms with Crippen LogP contribution in [0.4, 0.5) is 13.6 Å². The Hall–Kier alpha value is -4.35. The maximum absolute atomic E-state index is 14.8. The van der Waals surface area contributed by atoms with E-state index in [1.54, 1.807) is 45.9 Å². The van der Waals surface area contributed by atoms with Crippen molar-refractivity contribution in [3.05, 3.63) is 23.9 Å². The summed E-state index contributed by atoms with van der Waals surface area (Å²) in [6, 6.07) is 2.72. The van der Waals surface area contributed by atoms with Crippen molar-refractivity contribution in [2.75, 3.05) is 13.7 Å². The third-order valence-electron chi connectivity index (χ3n) is 12.7. The number of aryl methyl sites for hydroxylation is 1. The molecule has 5 aliphatic rings. The number of carbonyl (C=O) groups excluding carboxylic acids is 4. The topological polar surface area (TPSA) is 195 Å². The molecule has 3 saturated carbocycles. The molecule has 2 aromatic rings. The van der Waals surface area contributed by atoms with Crippen LogP contribution >= 0.6 is 0 Å². The molecule has 0 spiro atoms. The number of alkyl carbamates (subject to hydrolysis) is 1. The second kappa shape index (κ2) is 15.4. The van der Waals surface area contributed by atoms with Gasteiger partial charge in [-0.25, -0.2) is 32.0 Å². The average Bonchev–Trinajstić information content (AvgIpc) is 4.11. The number of nitrogens with one attached hydrogen (secondary N) is 3. The summed E-state index contributed by atoms with van der Waals surface area (Å²) in [6.45, 7) is 8.32. The number of methoxy groups -OCH3 is 1. The van der Waals surface area contributed by atoms with Crippen LogP contribution in [0.3, 0.4) is 0 Å². The molecule has 7 rings (SSSR count). The van der Waals surface area contributed by atoms with E-state index in [1.807, 2.05) is 4.72 Å². The minimum absolute atomic E-state index is 0.176. The number of alkyl halides is 2. The molecule has 4 fully saturated rings. The van der Waals surface area contributed by atoms with E-state index in [4.69, 9.17) is 24.2 Å². The number of rotatable bonds is 8. The molecule has 58 heavy (non-hydrogen) atoms. The van der Waals surface area contributed by atoms with Crippen LogP contribution in [0.2, 0.25) is 0 Å². The first kappa shape index (κ1) is 41.8. The van der Waals surface area contributed by atoms with Gasteiger partial charge in [-0.05, 0) is 81.8 Å². The minimum atomic E-state index is -4.24. The second-order valence-corrected chi connectivity index (χ2v) is 20.2. The number of sulfonamides is 1. The van der Waals surface area contributed by atoms with Crippen molar-refractivity contribution in [2.45, 2.75) is 140 Å². The van der Waals surface area contributed by atoms with Gasteiger partial charge in [0.1, 0.15) is 41.3 Å². The molecule has 8 atom stereocenters. The molecule has 0 radical (unpaired) electrons. The van der Waals surface area contributed by atoms with Crippen molar-refractivity contribution < 1.29 is 50.6 Å². The quantitative estimate of drug-likeness (QED) is 0.341. The number of amides is 4. The molecule has 3 heterocycles. The fourth-order valence-corrected chi connectivity index (χ4v) is 9.72. The van der Waals surface area contributed by atoms with Crippen LogP contribution in [0.25, 0.3) is 11.0 Å². The van der Waals surface area contributed by atoms with Crippen LogP contribution in [-0.2, 0) is 35.6 Å². The first-order chi connectivity index (χ1) is 27.3. The highest BCUT2D eigenvalue weighted by molar-refractivity contribution is 7.91. The number of aromatic nitrogens is 2. The van der Waals surface area contributed by atoms with Gasteiger partial charge in [-0.2, -0.15) is 0 Å². The van der Waals surface area contributed by atoms with E-state index in [0.717, 1.165) is 25.7 Å². The van der Waals surface area contributed by atoms with Gasteiger partial charge in [0, 0.05) is 12.0 Å². The van der Waals surface area contributed by atoms with E-state index in [-0.39, 0.29) is 30.9 Å². The molecule has 18 heteroatoms. The van der Waals surface area contributed by atoms with Crippen LogP contribution in [0.15, 0.2) is 18.2 Å². The molecule has 1 aromatic carbocycles. The van der Waals surface area contributed by atoms with Gasteiger partial charge in [0.25, 0.3) is 5.91 Å². The first-order valence-corrected chi connectivity index (χ1v) is 21.7. The Labute approximate surface area is 337 Å². The van der Waals surface area contributed by atoms with Crippen LogP contribution in [0.1, 0.15) is 98.1 Å². The number of ether oxygens (including phenoxy) is 3. The molecular weight excluding hydrogens is 779 g/mol. The van der Waals surface area contributed by atoms with Crippen LogP contribution in [-0.4, -0.2) is 102 Å². The van der Waals surface area contributed by atoms with E-state index in [9.17, 15) is 36.4 Å². The maximum Gasteiger partial charge on any atom is 0.408 e. The van der Waals surface area contributed by atoms with E-state index in [0.29, 0.717) is 48.2 Å². The molecule has 2 bridgehead atoms. The van der Waals surface area contributed by atoms with Crippen molar-refractivity contribution in [1.82, 2.24) is 30.2 Å². The summed E-state index contributed by atoms with van der Waals surface area (Å²) in [4.78, 5) is 67.6. The van der Waals surface area contributed by atoms with Crippen molar-refractivity contribution in [3.63, 3.8) is 0 Å². The average molecular weight is 833 g/mol. The van der Waals surface area contributed by atoms with Crippen molar-refractivity contribution >= 4 is 44.9 Å². The van der Waals surface area contributed by atoms with Crippen molar-refractivity contribution in [1.29, 1.82) is 0 Å². The molecule has 2 aliphatic heterocycles.